The average molecular weight is 466 g/mol. The smallest absolute Gasteiger partial charge is 0.321 e. The highest BCUT2D eigenvalue weighted by molar-refractivity contribution is 6.32. The number of nitrogens with zero attached hydrogens (tertiary/aromatic N) is 1. The van der Waals surface area contributed by atoms with Crippen LogP contribution in [0.5, 0.6) is 5.75 Å². The lowest BCUT2D eigenvalue weighted by molar-refractivity contribution is -0.162. The molecule has 0 amide bonds. The van der Waals surface area contributed by atoms with Gasteiger partial charge >= 0.3 is 11.9 Å². The Balaban J connectivity index is 2.42. The van der Waals surface area contributed by atoms with E-state index in [9.17, 15) is 9.59 Å². The maximum atomic E-state index is 11.2. The molecule has 0 unspecified atom stereocenters. The molecule has 0 spiro atoms. The Morgan fingerprint density at radius 2 is 1.69 bits per heavy atom. The van der Waals surface area contributed by atoms with Gasteiger partial charge in [0, 0.05) is 13.0 Å². The third-order valence-corrected chi connectivity index (χ3v) is 5.61. The number of hydrogen-bond donors (Lipinski definition) is 2. The molecule has 6 nitrogen and oxygen atoms in total. The minimum absolute atomic E-state index is 0.248. The average Bonchev–Trinajstić information content (AvgIpc) is 2.74. The molecule has 178 valence electrons. The Bertz CT molecular complexity index is 785. The first-order valence-corrected chi connectivity index (χ1v) is 11.6. The lowest BCUT2D eigenvalue weighted by atomic mass is 9.87. The van der Waals surface area contributed by atoms with Gasteiger partial charge in [0.25, 0.3) is 0 Å². The van der Waals surface area contributed by atoms with Crippen molar-refractivity contribution in [1.82, 2.24) is 4.90 Å². The molecule has 0 aliphatic heterocycles. The highest BCUT2D eigenvalue weighted by Crippen LogP contribution is 2.26. The summed E-state index contributed by atoms with van der Waals surface area (Å²) in [5, 5.41) is 18.8. The maximum Gasteiger partial charge on any atom is 0.321 e. The van der Waals surface area contributed by atoms with Gasteiger partial charge in [0.15, 0.2) is 5.41 Å². The fraction of sp³-hybridized carbons (Fsp3) is 0.600. The Labute approximate surface area is 196 Å². The zero-order valence-electron chi connectivity index (χ0n) is 19.5. The summed E-state index contributed by atoms with van der Waals surface area (Å²) in [6, 6.07) is 5.71. The van der Waals surface area contributed by atoms with E-state index in [1.54, 1.807) is 0 Å². The topological polar surface area (TPSA) is 87.1 Å². The number of carboxylic acids is 2. The second-order valence-corrected chi connectivity index (χ2v) is 8.79. The van der Waals surface area contributed by atoms with E-state index >= 15 is 0 Å². The van der Waals surface area contributed by atoms with Gasteiger partial charge in [-0.25, -0.2) is 0 Å². The standard InChI is InChI=1S/C25H36ClNO5/c1-4-5-6-7-8-9-12-17-32-22-14-13-20(18-21(22)26)19-27(3)16-11-10-15-25(2,23(28)29)24(30)31/h13-14,18H,4-9,12,15-17,19H2,1-3H3,(H,28,29)(H,30,31). The summed E-state index contributed by atoms with van der Waals surface area (Å²) in [7, 11) is 1.88. The molecule has 0 aromatic heterocycles. The van der Waals surface area contributed by atoms with Crippen molar-refractivity contribution in [2.45, 2.75) is 71.8 Å². The van der Waals surface area contributed by atoms with Gasteiger partial charge in [-0.2, -0.15) is 0 Å². The molecular formula is C25H36ClNO5. The van der Waals surface area contributed by atoms with Crippen molar-refractivity contribution in [3.63, 3.8) is 0 Å². The fourth-order valence-electron chi connectivity index (χ4n) is 3.04. The fourth-order valence-corrected chi connectivity index (χ4v) is 3.30. The molecule has 0 saturated heterocycles. The van der Waals surface area contributed by atoms with Gasteiger partial charge in [0.1, 0.15) is 5.75 Å². The molecule has 0 aliphatic rings. The number of carboxylic acid groups (broad SMARTS) is 2. The third-order valence-electron chi connectivity index (χ3n) is 5.31. The zero-order valence-corrected chi connectivity index (χ0v) is 20.2. The molecule has 7 heteroatoms. The highest BCUT2D eigenvalue weighted by Gasteiger charge is 2.40. The maximum absolute atomic E-state index is 11.2. The Morgan fingerprint density at radius 3 is 2.28 bits per heavy atom. The van der Waals surface area contributed by atoms with Gasteiger partial charge in [0.2, 0.25) is 0 Å². The lowest BCUT2D eigenvalue weighted by Gasteiger charge is -2.16. The molecule has 0 atom stereocenters. The van der Waals surface area contributed by atoms with Crippen LogP contribution in [0.2, 0.25) is 5.02 Å². The normalized spacial score (nSPS) is 11.2. The van der Waals surface area contributed by atoms with E-state index in [1.807, 2.05) is 30.1 Å². The van der Waals surface area contributed by atoms with Crippen LogP contribution in [-0.4, -0.2) is 47.3 Å². The van der Waals surface area contributed by atoms with Crippen LogP contribution >= 0.6 is 11.6 Å². The Hall–Kier alpha value is -2.23. The molecule has 1 aromatic carbocycles. The minimum Gasteiger partial charge on any atom is -0.492 e. The van der Waals surface area contributed by atoms with Crippen molar-refractivity contribution in [3.05, 3.63) is 28.8 Å². The number of rotatable bonds is 15. The van der Waals surface area contributed by atoms with Gasteiger partial charge < -0.3 is 14.9 Å². The van der Waals surface area contributed by atoms with Crippen LogP contribution in [0.15, 0.2) is 18.2 Å². The molecule has 32 heavy (non-hydrogen) atoms. The molecular weight excluding hydrogens is 430 g/mol. The van der Waals surface area contributed by atoms with Crippen molar-refractivity contribution in [2.24, 2.45) is 5.41 Å². The van der Waals surface area contributed by atoms with Crippen molar-refractivity contribution in [2.75, 3.05) is 20.2 Å². The molecule has 2 N–H and O–H groups in total. The second kappa shape index (κ2) is 14.8. The minimum atomic E-state index is -1.90. The predicted octanol–water partition coefficient (Wildman–Crippen LogP) is 5.47. The van der Waals surface area contributed by atoms with Crippen LogP contribution in [-0.2, 0) is 16.1 Å². The van der Waals surface area contributed by atoms with Crippen molar-refractivity contribution >= 4 is 23.5 Å². The van der Waals surface area contributed by atoms with E-state index in [2.05, 4.69) is 18.8 Å². The van der Waals surface area contributed by atoms with E-state index in [1.165, 1.54) is 38.5 Å². The first-order chi connectivity index (χ1) is 15.2. The van der Waals surface area contributed by atoms with Gasteiger partial charge in [-0.05, 0) is 38.1 Å². The summed E-state index contributed by atoms with van der Waals surface area (Å²) in [6.45, 7) is 5.02. The summed E-state index contributed by atoms with van der Waals surface area (Å²) in [4.78, 5) is 24.3. The third kappa shape index (κ3) is 9.93. The summed E-state index contributed by atoms with van der Waals surface area (Å²) in [5.74, 6) is 3.42. The van der Waals surface area contributed by atoms with E-state index in [-0.39, 0.29) is 6.42 Å². The van der Waals surface area contributed by atoms with Crippen molar-refractivity contribution in [3.8, 4) is 17.6 Å². The molecule has 0 radical (unpaired) electrons. The first-order valence-electron chi connectivity index (χ1n) is 11.2. The van der Waals surface area contributed by atoms with Gasteiger partial charge in [-0.1, -0.05) is 69.0 Å². The van der Waals surface area contributed by atoms with Crippen LogP contribution in [0, 0.1) is 17.3 Å². The highest BCUT2D eigenvalue weighted by atomic mass is 35.5. The monoisotopic (exact) mass is 465 g/mol. The predicted molar refractivity (Wildman–Crippen MR) is 127 cm³/mol. The van der Waals surface area contributed by atoms with E-state index in [0.717, 1.165) is 18.9 Å². The number of carbonyl (C=O) groups is 2. The Morgan fingerprint density at radius 1 is 1.06 bits per heavy atom. The van der Waals surface area contributed by atoms with Crippen molar-refractivity contribution < 1.29 is 24.5 Å². The summed E-state index contributed by atoms with van der Waals surface area (Å²) >= 11 is 6.36. The molecule has 0 saturated carbocycles. The van der Waals surface area contributed by atoms with Crippen molar-refractivity contribution in [1.29, 1.82) is 0 Å². The van der Waals surface area contributed by atoms with E-state index < -0.39 is 17.4 Å². The number of halogens is 1. The van der Waals surface area contributed by atoms with Gasteiger partial charge in [0.05, 0.1) is 18.2 Å². The summed E-state index contributed by atoms with van der Waals surface area (Å²) < 4.78 is 5.81. The van der Waals surface area contributed by atoms with Gasteiger partial charge in [-0.3, -0.25) is 14.5 Å². The molecule has 1 rings (SSSR count). The molecule has 0 bridgehead atoms. The quantitative estimate of drug-likeness (QED) is 0.203. The van der Waals surface area contributed by atoms with Crippen LogP contribution < -0.4 is 4.74 Å². The SMILES string of the molecule is CCCCCCCCCOc1ccc(CN(C)CC#CCC(C)(C(=O)O)C(=O)O)cc1Cl. The molecule has 0 aliphatic carbocycles. The molecule has 0 fully saturated rings. The van der Waals surface area contributed by atoms with Crippen LogP contribution in [0.25, 0.3) is 0 Å². The van der Waals surface area contributed by atoms with Crippen LogP contribution in [0.4, 0.5) is 0 Å². The van der Waals surface area contributed by atoms with Crippen LogP contribution in [0.3, 0.4) is 0 Å². The molecule has 1 aromatic rings. The first kappa shape index (κ1) is 27.8. The summed E-state index contributed by atoms with van der Waals surface area (Å²) in [5.41, 5.74) is -0.896. The second-order valence-electron chi connectivity index (χ2n) is 8.38. The lowest BCUT2D eigenvalue weighted by Crippen LogP contribution is -2.35. The Kier molecular flexibility index (Phi) is 12.8. The number of aliphatic carboxylic acids is 2. The number of ether oxygens (including phenoxy) is 1. The van der Waals surface area contributed by atoms with Crippen LogP contribution in [0.1, 0.15) is 70.8 Å². The largest absolute Gasteiger partial charge is 0.492 e. The number of benzene rings is 1. The number of unbranched alkanes of at least 4 members (excludes halogenated alkanes) is 6. The van der Waals surface area contributed by atoms with E-state index in [4.69, 9.17) is 26.6 Å². The number of hydrogen-bond acceptors (Lipinski definition) is 4. The van der Waals surface area contributed by atoms with E-state index in [0.29, 0.717) is 30.5 Å². The zero-order chi connectivity index (χ0) is 24.0. The summed E-state index contributed by atoms with van der Waals surface area (Å²) in [6.07, 6.45) is 8.38. The van der Waals surface area contributed by atoms with Gasteiger partial charge in [-0.15, -0.1) is 5.92 Å². The molecule has 0 heterocycles.